The lowest BCUT2D eigenvalue weighted by Gasteiger charge is -2.28. The second-order valence-electron chi connectivity index (χ2n) is 11.4. The molecular weight excluding hydrogens is 515 g/mol. The van der Waals surface area contributed by atoms with Crippen molar-refractivity contribution < 1.29 is 13.5 Å². The van der Waals surface area contributed by atoms with Crippen LogP contribution in [0.25, 0.3) is 5.57 Å². The summed E-state index contributed by atoms with van der Waals surface area (Å²) in [7, 11) is 0. The Labute approximate surface area is 233 Å². The normalized spacial score (nSPS) is 19.2. The number of hydrogen-bond donors (Lipinski definition) is 3. The standard InChI is InChI=1S/C29H37FN6O2S/c1-16(2)36-23(14-15-32-36)28(37)34-27(25(19-4-5-19)20-6-7-20)29(38)33-22-12-10-18(11-13-22)24(17(3)35-39-30)26(31)21-8-9-21/h10-16,19-21,25,27H,4-9,31H2,1-3H3,(H,33,38)(H,34,37). The van der Waals surface area contributed by atoms with E-state index in [9.17, 15) is 13.5 Å². The molecule has 4 N–H and O–H groups in total. The molecule has 1 atom stereocenters. The fraction of sp³-hybridized carbons (Fsp3) is 0.517. The minimum Gasteiger partial charge on any atom is -0.401 e. The third-order valence-corrected chi connectivity index (χ3v) is 8.30. The van der Waals surface area contributed by atoms with Gasteiger partial charge in [0.05, 0.1) is 5.71 Å². The van der Waals surface area contributed by atoms with Crippen LogP contribution in [0.3, 0.4) is 0 Å². The maximum atomic E-state index is 13.7. The number of hydrogen-bond acceptors (Lipinski definition) is 6. The van der Waals surface area contributed by atoms with Crippen molar-refractivity contribution in [1.82, 2.24) is 15.1 Å². The van der Waals surface area contributed by atoms with Crippen LogP contribution in [0, 0.1) is 23.7 Å². The maximum Gasteiger partial charge on any atom is 0.270 e. The van der Waals surface area contributed by atoms with Gasteiger partial charge in [-0.05, 0) is 107 Å². The van der Waals surface area contributed by atoms with Crippen molar-refractivity contribution in [2.45, 2.75) is 71.4 Å². The van der Waals surface area contributed by atoms with Gasteiger partial charge in [-0.3, -0.25) is 14.3 Å². The topological polar surface area (TPSA) is 114 Å². The van der Waals surface area contributed by atoms with Crippen molar-refractivity contribution in [2.24, 2.45) is 33.8 Å². The molecule has 1 heterocycles. The molecule has 2 amide bonds. The first-order valence-corrected chi connectivity index (χ1v) is 14.5. The Kier molecular flexibility index (Phi) is 8.11. The van der Waals surface area contributed by atoms with Crippen LogP contribution in [0.5, 0.6) is 0 Å². The molecule has 1 aromatic heterocycles. The Balaban J connectivity index is 1.36. The van der Waals surface area contributed by atoms with E-state index in [1.54, 1.807) is 23.9 Å². The number of nitrogens with two attached hydrogens (primary N) is 1. The highest BCUT2D eigenvalue weighted by molar-refractivity contribution is 7.93. The van der Waals surface area contributed by atoms with Gasteiger partial charge < -0.3 is 16.4 Å². The molecule has 1 aromatic carbocycles. The van der Waals surface area contributed by atoms with Crippen molar-refractivity contribution in [1.29, 1.82) is 0 Å². The molecular formula is C29H37FN6O2S. The van der Waals surface area contributed by atoms with Gasteiger partial charge in [0.15, 0.2) is 12.3 Å². The van der Waals surface area contributed by atoms with Crippen LogP contribution in [0.1, 0.15) is 81.4 Å². The highest BCUT2D eigenvalue weighted by Gasteiger charge is 2.48. The Morgan fingerprint density at radius 3 is 2.26 bits per heavy atom. The van der Waals surface area contributed by atoms with Crippen molar-refractivity contribution in [3.05, 3.63) is 53.5 Å². The number of aromatic nitrogens is 2. The maximum absolute atomic E-state index is 13.7. The van der Waals surface area contributed by atoms with E-state index in [4.69, 9.17) is 5.73 Å². The fourth-order valence-electron chi connectivity index (χ4n) is 5.57. The fourth-order valence-corrected chi connectivity index (χ4v) is 5.76. The monoisotopic (exact) mass is 552 g/mol. The molecule has 5 rings (SSSR count). The van der Waals surface area contributed by atoms with Gasteiger partial charge in [0.2, 0.25) is 5.91 Å². The first kappa shape index (κ1) is 27.4. The summed E-state index contributed by atoms with van der Waals surface area (Å²) in [5.74, 6) is 0.837. The van der Waals surface area contributed by atoms with Crippen LogP contribution < -0.4 is 16.4 Å². The number of carbonyl (C=O) groups excluding carboxylic acids is 2. The Morgan fingerprint density at radius 2 is 1.72 bits per heavy atom. The molecule has 10 heteroatoms. The minimum atomic E-state index is -0.635. The van der Waals surface area contributed by atoms with Gasteiger partial charge >= 0.3 is 0 Å². The zero-order chi connectivity index (χ0) is 27.7. The Hall–Kier alpha value is -3.14. The van der Waals surface area contributed by atoms with Gasteiger partial charge in [-0.2, -0.15) is 9.50 Å². The number of nitrogens with one attached hydrogen (secondary N) is 2. The van der Waals surface area contributed by atoms with Crippen molar-refractivity contribution >= 4 is 41.1 Å². The summed E-state index contributed by atoms with van der Waals surface area (Å²) < 4.78 is 18.4. The van der Waals surface area contributed by atoms with Crippen LogP contribution in [-0.2, 0) is 4.79 Å². The lowest BCUT2D eigenvalue weighted by atomic mass is 9.88. The van der Waals surface area contributed by atoms with E-state index in [1.807, 2.05) is 38.1 Å². The average Bonchev–Trinajstić information content (AvgIpc) is 3.76. The summed E-state index contributed by atoms with van der Waals surface area (Å²) in [6, 6.07) is 8.46. The second-order valence-corrected chi connectivity index (χ2v) is 11.7. The van der Waals surface area contributed by atoms with Gasteiger partial charge in [0.25, 0.3) is 5.91 Å². The van der Waals surface area contributed by atoms with Crippen molar-refractivity contribution in [3.63, 3.8) is 0 Å². The first-order chi connectivity index (χ1) is 18.8. The molecule has 39 heavy (non-hydrogen) atoms. The van der Waals surface area contributed by atoms with E-state index in [0.29, 0.717) is 34.8 Å². The number of nitrogens with zero attached hydrogens (tertiary/aromatic N) is 3. The van der Waals surface area contributed by atoms with Gasteiger partial charge in [-0.15, -0.1) is 3.89 Å². The number of rotatable bonds is 12. The number of benzene rings is 1. The van der Waals surface area contributed by atoms with E-state index in [-0.39, 0.29) is 36.1 Å². The smallest absolute Gasteiger partial charge is 0.270 e. The molecule has 0 saturated heterocycles. The Bertz CT molecular complexity index is 1260. The molecule has 3 saturated carbocycles. The lowest BCUT2D eigenvalue weighted by Crippen LogP contribution is -2.50. The van der Waals surface area contributed by atoms with Crippen LogP contribution in [-0.4, -0.2) is 33.3 Å². The molecule has 8 nitrogen and oxygen atoms in total. The van der Waals surface area contributed by atoms with Crippen LogP contribution in [0.15, 0.2) is 46.6 Å². The summed E-state index contributed by atoms with van der Waals surface area (Å²) in [5.41, 5.74) is 10.3. The molecule has 2 aromatic rings. The summed E-state index contributed by atoms with van der Waals surface area (Å²) in [6.45, 7) is 5.69. The predicted octanol–water partition coefficient (Wildman–Crippen LogP) is 5.71. The molecule has 1 unspecified atom stereocenters. The third-order valence-electron chi connectivity index (χ3n) is 7.96. The van der Waals surface area contributed by atoms with Crippen LogP contribution >= 0.6 is 12.3 Å². The number of allylic oxidation sites excluding steroid dienone is 2. The van der Waals surface area contributed by atoms with E-state index < -0.39 is 6.04 Å². The van der Waals surface area contributed by atoms with E-state index in [1.165, 1.54) is 0 Å². The molecule has 0 bridgehead atoms. The molecule has 3 aliphatic rings. The highest BCUT2D eigenvalue weighted by Crippen LogP contribution is 2.51. The van der Waals surface area contributed by atoms with E-state index >= 15 is 0 Å². The zero-order valence-electron chi connectivity index (χ0n) is 22.7. The summed E-state index contributed by atoms with van der Waals surface area (Å²) >= 11 is -0.0783. The number of halogens is 1. The average molecular weight is 553 g/mol. The van der Waals surface area contributed by atoms with Gasteiger partial charge in [0.1, 0.15) is 11.7 Å². The minimum absolute atomic E-state index is 0.0271. The largest absolute Gasteiger partial charge is 0.401 e. The Morgan fingerprint density at radius 1 is 1.08 bits per heavy atom. The molecule has 208 valence electrons. The van der Waals surface area contributed by atoms with E-state index in [2.05, 4.69) is 20.1 Å². The number of carbonyl (C=O) groups is 2. The van der Waals surface area contributed by atoms with Gasteiger partial charge in [-0.25, -0.2) is 0 Å². The van der Waals surface area contributed by atoms with Crippen molar-refractivity contribution in [3.8, 4) is 0 Å². The van der Waals surface area contributed by atoms with Crippen LogP contribution in [0.2, 0.25) is 0 Å². The lowest BCUT2D eigenvalue weighted by molar-refractivity contribution is -0.119. The SMILES string of the molecule is CC(=NSF)C(=C(N)C1CC1)c1ccc(NC(=O)C(NC(=O)c2ccnn2C(C)C)C(C2CC2)C2CC2)cc1. The quantitative estimate of drug-likeness (QED) is 0.230. The molecule has 0 aliphatic heterocycles. The van der Waals surface area contributed by atoms with Gasteiger partial charge in [-0.1, -0.05) is 12.1 Å². The number of amides is 2. The van der Waals surface area contributed by atoms with E-state index in [0.717, 1.165) is 55.4 Å². The van der Waals surface area contributed by atoms with Crippen molar-refractivity contribution in [2.75, 3.05) is 5.32 Å². The number of anilines is 1. The first-order valence-electron chi connectivity index (χ1n) is 13.9. The molecule has 3 fully saturated rings. The summed E-state index contributed by atoms with van der Waals surface area (Å²) in [5, 5.41) is 10.4. The molecule has 0 spiro atoms. The molecule has 0 radical (unpaired) electrons. The molecule has 3 aliphatic carbocycles. The summed E-state index contributed by atoms with van der Waals surface area (Å²) in [4.78, 5) is 27.1. The summed E-state index contributed by atoms with van der Waals surface area (Å²) in [6.07, 6.45) is 8.03. The predicted molar refractivity (Wildman–Crippen MR) is 154 cm³/mol. The second kappa shape index (κ2) is 11.5. The third kappa shape index (κ3) is 6.37. The van der Waals surface area contributed by atoms with Gasteiger partial charge in [0, 0.05) is 29.2 Å². The van der Waals surface area contributed by atoms with Crippen LogP contribution in [0.4, 0.5) is 9.57 Å². The zero-order valence-corrected chi connectivity index (χ0v) is 23.5. The highest BCUT2D eigenvalue weighted by atomic mass is 32.2.